The quantitative estimate of drug-likeness (QED) is 0.775. The number of nitrogens with one attached hydrogen (secondary N) is 1. The predicted octanol–water partition coefficient (Wildman–Crippen LogP) is 1.80. The minimum Gasteiger partial charge on any atom is -0.306 e. The summed E-state index contributed by atoms with van der Waals surface area (Å²) in [6, 6.07) is 0. The number of hydrogen-bond acceptors (Lipinski definition) is 3. The third kappa shape index (κ3) is 3.16. The lowest BCUT2D eigenvalue weighted by molar-refractivity contribution is -0.145. The van der Waals surface area contributed by atoms with E-state index in [9.17, 15) is 9.59 Å². The van der Waals surface area contributed by atoms with Gasteiger partial charge in [0.25, 0.3) is 0 Å². The van der Waals surface area contributed by atoms with E-state index in [-0.39, 0.29) is 23.1 Å². The zero-order valence-electron chi connectivity index (χ0n) is 12.4. The number of piperidine rings is 1. The van der Waals surface area contributed by atoms with Crippen LogP contribution in [0.2, 0.25) is 0 Å². The summed E-state index contributed by atoms with van der Waals surface area (Å²) in [6.07, 6.45) is 4.49. The van der Waals surface area contributed by atoms with Crippen molar-refractivity contribution in [2.75, 3.05) is 20.1 Å². The molecule has 0 bridgehead atoms. The number of likely N-dealkylation sites (tertiary alicyclic amines) is 1. The lowest BCUT2D eigenvalue weighted by atomic mass is 9.63. The first-order chi connectivity index (χ1) is 8.93. The topological polar surface area (TPSA) is 49.4 Å². The summed E-state index contributed by atoms with van der Waals surface area (Å²) in [6.45, 7) is 6.38. The van der Waals surface area contributed by atoms with Crippen LogP contribution in [0.25, 0.3) is 0 Å². The standard InChI is InChI=1S/C15H26N2O2/c1-11(2)9-12-14(19)16-13(18)10-15(12)5-4-7-17(3)8-6-15/h11-12H,4-10H2,1-3H3,(H,16,18,19). The van der Waals surface area contributed by atoms with Crippen molar-refractivity contribution >= 4 is 11.8 Å². The Morgan fingerprint density at radius 1 is 1.32 bits per heavy atom. The molecule has 0 aliphatic carbocycles. The number of nitrogens with zero attached hydrogens (tertiary/aromatic N) is 1. The van der Waals surface area contributed by atoms with Gasteiger partial charge in [-0.1, -0.05) is 13.8 Å². The van der Waals surface area contributed by atoms with E-state index in [0.29, 0.717) is 12.3 Å². The number of carbonyl (C=O) groups is 2. The van der Waals surface area contributed by atoms with Crippen LogP contribution in [0.4, 0.5) is 0 Å². The van der Waals surface area contributed by atoms with Crippen LogP contribution in [0.5, 0.6) is 0 Å². The predicted molar refractivity (Wildman–Crippen MR) is 74.5 cm³/mol. The Labute approximate surface area is 115 Å². The van der Waals surface area contributed by atoms with Gasteiger partial charge in [-0.3, -0.25) is 14.9 Å². The molecule has 2 fully saturated rings. The molecule has 2 amide bonds. The van der Waals surface area contributed by atoms with Crippen molar-refractivity contribution < 1.29 is 9.59 Å². The molecule has 19 heavy (non-hydrogen) atoms. The van der Waals surface area contributed by atoms with E-state index < -0.39 is 0 Å². The molecule has 4 heteroatoms. The van der Waals surface area contributed by atoms with E-state index in [1.807, 2.05) is 0 Å². The first-order valence-electron chi connectivity index (χ1n) is 7.45. The number of hydrogen-bond donors (Lipinski definition) is 1. The van der Waals surface area contributed by atoms with Crippen molar-refractivity contribution in [2.45, 2.75) is 46.0 Å². The molecule has 1 N–H and O–H groups in total. The first-order valence-corrected chi connectivity index (χ1v) is 7.45. The normalized spacial score (nSPS) is 33.6. The van der Waals surface area contributed by atoms with Gasteiger partial charge in [0.05, 0.1) is 0 Å². The molecule has 108 valence electrons. The van der Waals surface area contributed by atoms with Gasteiger partial charge in [-0.05, 0) is 57.2 Å². The van der Waals surface area contributed by atoms with Crippen LogP contribution in [0.3, 0.4) is 0 Å². The molecule has 4 nitrogen and oxygen atoms in total. The smallest absolute Gasteiger partial charge is 0.230 e. The largest absolute Gasteiger partial charge is 0.306 e. The molecule has 2 saturated heterocycles. The third-order valence-electron chi connectivity index (χ3n) is 4.74. The summed E-state index contributed by atoms with van der Waals surface area (Å²) in [5.74, 6) is 0.391. The summed E-state index contributed by atoms with van der Waals surface area (Å²) in [7, 11) is 2.13. The van der Waals surface area contributed by atoms with Crippen molar-refractivity contribution in [3.05, 3.63) is 0 Å². The number of carbonyl (C=O) groups excluding carboxylic acids is 2. The summed E-state index contributed by atoms with van der Waals surface area (Å²) in [5.41, 5.74) is -0.0888. The van der Waals surface area contributed by atoms with Crippen molar-refractivity contribution in [3.63, 3.8) is 0 Å². The molecule has 2 aliphatic heterocycles. The molecule has 2 rings (SSSR count). The lowest BCUT2D eigenvalue weighted by Crippen LogP contribution is -2.52. The Kier molecular flexibility index (Phi) is 4.29. The average molecular weight is 266 g/mol. The molecule has 2 aliphatic rings. The molecule has 0 aromatic heterocycles. The summed E-state index contributed by atoms with van der Waals surface area (Å²) < 4.78 is 0. The first kappa shape index (κ1) is 14.5. The Bertz CT molecular complexity index is 367. The van der Waals surface area contributed by atoms with Gasteiger partial charge in [-0.15, -0.1) is 0 Å². The lowest BCUT2D eigenvalue weighted by Gasteiger charge is -2.43. The van der Waals surface area contributed by atoms with E-state index in [2.05, 4.69) is 31.1 Å². The maximum atomic E-state index is 12.3. The van der Waals surface area contributed by atoms with Crippen LogP contribution in [0, 0.1) is 17.3 Å². The highest BCUT2D eigenvalue weighted by molar-refractivity contribution is 5.99. The second-order valence-corrected chi connectivity index (χ2v) is 6.79. The summed E-state index contributed by atoms with van der Waals surface area (Å²) in [4.78, 5) is 26.4. The molecule has 1 spiro atoms. The van der Waals surface area contributed by atoms with Crippen LogP contribution >= 0.6 is 0 Å². The van der Waals surface area contributed by atoms with Crippen molar-refractivity contribution in [1.82, 2.24) is 10.2 Å². The Hall–Kier alpha value is -0.900. The van der Waals surface area contributed by atoms with E-state index >= 15 is 0 Å². The fourth-order valence-electron chi connectivity index (χ4n) is 3.69. The number of amides is 2. The maximum absolute atomic E-state index is 12.3. The fraction of sp³-hybridized carbons (Fsp3) is 0.867. The molecule has 2 atom stereocenters. The molecule has 2 unspecified atom stereocenters. The summed E-state index contributed by atoms with van der Waals surface area (Å²) >= 11 is 0. The maximum Gasteiger partial charge on any atom is 0.230 e. The van der Waals surface area contributed by atoms with Crippen LogP contribution < -0.4 is 5.32 Å². The second-order valence-electron chi connectivity index (χ2n) is 6.79. The Morgan fingerprint density at radius 3 is 2.74 bits per heavy atom. The second kappa shape index (κ2) is 5.61. The van der Waals surface area contributed by atoms with Crippen LogP contribution in [-0.4, -0.2) is 36.9 Å². The van der Waals surface area contributed by atoms with Crippen LogP contribution in [0.1, 0.15) is 46.0 Å². The molecule has 0 radical (unpaired) electrons. The zero-order chi connectivity index (χ0) is 14.0. The van der Waals surface area contributed by atoms with Gasteiger partial charge < -0.3 is 4.90 Å². The van der Waals surface area contributed by atoms with E-state index in [0.717, 1.165) is 38.8 Å². The third-order valence-corrected chi connectivity index (χ3v) is 4.74. The van der Waals surface area contributed by atoms with Gasteiger partial charge >= 0.3 is 0 Å². The Balaban J connectivity index is 2.24. The highest BCUT2D eigenvalue weighted by Crippen LogP contribution is 2.46. The molecule has 2 heterocycles. The Morgan fingerprint density at radius 2 is 2.05 bits per heavy atom. The molecule has 0 aromatic carbocycles. The van der Waals surface area contributed by atoms with Crippen molar-refractivity contribution in [1.29, 1.82) is 0 Å². The van der Waals surface area contributed by atoms with E-state index in [1.54, 1.807) is 0 Å². The minimum absolute atomic E-state index is 0.0108. The highest BCUT2D eigenvalue weighted by atomic mass is 16.2. The monoisotopic (exact) mass is 266 g/mol. The molecule has 0 aromatic rings. The van der Waals surface area contributed by atoms with Gasteiger partial charge in [0, 0.05) is 12.3 Å². The van der Waals surface area contributed by atoms with E-state index in [4.69, 9.17) is 0 Å². The van der Waals surface area contributed by atoms with E-state index in [1.165, 1.54) is 0 Å². The average Bonchev–Trinajstić information content (AvgIpc) is 2.47. The molecular formula is C15H26N2O2. The van der Waals surface area contributed by atoms with Crippen LogP contribution in [0.15, 0.2) is 0 Å². The molecule has 0 saturated carbocycles. The van der Waals surface area contributed by atoms with Gasteiger partial charge in [-0.25, -0.2) is 0 Å². The highest BCUT2D eigenvalue weighted by Gasteiger charge is 2.48. The van der Waals surface area contributed by atoms with Crippen LogP contribution in [-0.2, 0) is 9.59 Å². The minimum atomic E-state index is -0.0888. The number of imide groups is 1. The fourth-order valence-corrected chi connectivity index (χ4v) is 3.69. The van der Waals surface area contributed by atoms with Gasteiger partial charge in [0.2, 0.25) is 11.8 Å². The van der Waals surface area contributed by atoms with Crippen molar-refractivity contribution in [2.24, 2.45) is 17.3 Å². The van der Waals surface area contributed by atoms with Gasteiger partial charge in [0.15, 0.2) is 0 Å². The summed E-state index contributed by atoms with van der Waals surface area (Å²) in [5, 5.41) is 2.55. The molecular weight excluding hydrogens is 240 g/mol. The van der Waals surface area contributed by atoms with Gasteiger partial charge in [0.1, 0.15) is 0 Å². The zero-order valence-corrected chi connectivity index (χ0v) is 12.4. The SMILES string of the molecule is CC(C)CC1C(=O)NC(=O)CC12CCCN(C)CC2. The van der Waals surface area contributed by atoms with Gasteiger partial charge in [-0.2, -0.15) is 0 Å². The number of rotatable bonds is 2. The van der Waals surface area contributed by atoms with Crippen molar-refractivity contribution in [3.8, 4) is 0 Å².